The predicted octanol–water partition coefficient (Wildman–Crippen LogP) is 1.87. The summed E-state index contributed by atoms with van der Waals surface area (Å²) < 4.78 is 0. The molecule has 4 heteroatoms. The summed E-state index contributed by atoms with van der Waals surface area (Å²) in [6.07, 6.45) is 0.967. The number of nitrogens with one attached hydrogen (secondary N) is 3. The summed E-state index contributed by atoms with van der Waals surface area (Å²) in [5.74, 6) is 0. The Hall–Kier alpha value is -1.55. The molecule has 1 aromatic rings. The van der Waals surface area contributed by atoms with E-state index in [1.165, 1.54) is 5.56 Å². The second kappa shape index (κ2) is 4.75. The molecule has 1 atom stereocenters. The van der Waals surface area contributed by atoms with Gasteiger partial charge in [0.2, 0.25) is 0 Å². The smallest absolute Gasteiger partial charge is 0.319 e. The van der Waals surface area contributed by atoms with Crippen LogP contribution >= 0.6 is 0 Å². The van der Waals surface area contributed by atoms with Gasteiger partial charge in [-0.15, -0.1) is 0 Å². The van der Waals surface area contributed by atoms with E-state index >= 15 is 0 Å². The zero-order valence-electron chi connectivity index (χ0n) is 10.3. The van der Waals surface area contributed by atoms with Crippen molar-refractivity contribution >= 4 is 11.7 Å². The zero-order valence-corrected chi connectivity index (χ0v) is 10.3. The average molecular weight is 233 g/mol. The molecule has 1 fully saturated rings. The average Bonchev–Trinajstić information content (AvgIpc) is 2.68. The van der Waals surface area contributed by atoms with Crippen molar-refractivity contribution in [3.8, 4) is 0 Å². The van der Waals surface area contributed by atoms with Gasteiger partial charge in [-0.2, -0.15) is 0 Å². The van der Waals surface area contributed by atoms with Crippen molar-refractivity contribution in [1.82, 2.24) is 10.6 Å². The number of benzene rings is 1. The molecule has 0 aromatic heterocycles. The minimum atomic E-state index is -0.139. The number of carbonyl (C=O) groups excluding carboxylic acids is 1. The van der Waals surface area contributed by atoms with E-state index in [1.807, 2.05) is 31.2 Å². The molecule has 1 aliphatic rings. The van der Waals surface area contributed by atoms with E-state index in [9.17, 15) is 4.79 Å². The minimum absolute atomic E-state index is 0.130. The fourth-order valence-corrected chi connectivity index (χ4v) is 2.00. The molecule has 1 aliphatic heterocycles. The largest absolute Gasteiger partial charge is 0.331 e. The molecular formula is C13H19N3O. The number of aryl methyl sites for hydroxylation is 1. The number of carbonyl (C=O) groups is 1. The first-order chi connectivity index (χ1) is 8.07. The van der Waals surface area contributed by atoms with Gasteiger partial charge in [-0.3, -0.25) is 0 Å². The third-order valence-electron chi connectivity index (χ3n) is 3.09. The summed E-state index contributed by atoms with van der Waals surface area (Å²) in [7, 11) is 0. The fraction of sp³-hybridized carbons (Fsp3) is 0.462. The van der Waals surface area contributed by atoms with Crippen LogP contribution in [0.4, 0.5) is 10.5 Å². The lowest BCUT2D eigenvalue weighted by Crippen LogP contribution is -2.49. The van der Waals surface area contributed by atoms with Crippen molar-refractivity contribution in [2.24, 2.45) is 0 Å². The molecule has 3 N–H and O–H groups in total. The van der Waals surface area contributed by atoms with Gasteiger partial charge in [0.15, 0.2) is 0 Å². The molecule has 0 aliphatic carbocycles. The summed E-state index contributed by atoms with van der Waals surface area (Å²) in [6, 6.07) is 7.64. The summed E-state index contributed by atoms with van der Waals surface area (Å²) >= 11 is 0. The second-order valence-corrected chi connectivity index (χ2v) is 4.93. The number of amides is 2. The van der Waals surface area contributed by atoms with E-state index < -0.39 is 0 Å². The number of hydrogen-bond donors (Lipinski definition) is 3. The SMILES string of the molecule is Cc1ccc(NC(=O)NC2(C)CCNC2)cc1. The Morgan fingerprint density at radius 2 is 2.06 bits per heavy atom. The van der Waals surface area contributed by atoms with Gasteiger partial charge in [0, 0.05) is 12.2 Å². The molecule has 1 aromatic carbocycles. The van der Waals surface area contributed by atoms with Gasteiger partial charge in [0.05, 0.1) is 5.54 Å². The van der Waals surface area contributed by atoms with E-state index in [0.29, 0.717) is 0 Å². The van der Waals surface area contributed by atoms with Gasteiger partial charge in [-0.05, 0) is 38.9 Å². The maximum absolute atomic E-state index is 11.8. The highest BCUT2D eigenvalue weighted by Gasteiger charge is 2.29. The van der Waals surface area contributed by atoms with Crippen LogP contribution in [0.1, 0.15) is 18.9 Å². The van der Waals surface area contributed by atoms with Crippen molar-refractivity contribution in [3.05, 3.63) is 29.8 Å². The lowest BCUT2D eigenvalue weighted by Gasteiger charge is -2.24. The van der Waals surface area contributed by atoms with E-state index in [-0.39, 0.29) is 11.6 Å². The Morgan fingerprint density at radius 1 is 1.35 bits per heavy atom. The van der Waals surface area contributed by atoms with Crippen molar-refractivity contribution in [2.45, 2.75) is 25.8 Å². The standard InChI is InChI=1S/C13H19N3O/c1-10-3-5-11(6-4-10)15-12(17)16-13(2)7-8-14-9-13/h3-6,14H,7-9H2,1-2H3,(H2,15,16,17). The van der Waals surface area contributed by atoms with Crippen LogP contribution in [0.5, 0.6) is 0 Å². The van der Waals surface area contributed by atoms with Crippen LogP contribution in [0, 0.1) is 6.92 Å². The Morgan fingerprint density at radius 3 is 2.65 bits per heavy atom. The number of anilines is 1. The molecule has 4 nitrogen and oxygen atoms in total. The molecule has 0 bridgehead atoms. The number of urea groups is 1. The molecular weight excluding hydrogens is 214 g/mol. The maximum atomic E-state index is 11.8. The predicted molar refractivity (Wildman–Crippen MR) is 69.2 cm³/mol. The highest BCUT2D eigenvalue weighted by molar-refractivity contribution is 5.89. The summed E-state index contributed by atoms with van der Waals surface area (Å²) in [6.45, 7) is 5.87. The molecule has 0 spiro atoms. The van der Waals surface area contributed by atoms with Gasteiger partial charge < -0.3 is 16.0 Å². The number of rotatable bonds is 2. The lowest BCUT2D eigenvalue weighted by atomic mass is 10.0. The summed E-state index contributed by atoms with van der Waals surface area (Å²) in [5.41, 5.74) is 1.87. The van der Waals surface area contributed by atoms with Crippen LogP contribution in [0.25, 0.3) is 0 Å². The molecule has 2 amide bonds. The minimum Gasteiger partial charge on any atom is -0.331 e. The highest BCUT2D eigenvalue weighted by atomic mass is 16.2. The first-order valence-corrected chi connectivity index (χ1v) is 5.94. The van der Waals surface area contributed by atoms with E-state index in [2.05, 4.69) is 22.9 Å². The normalized spacial score (nSPS) is 23.4. The quantitative estimate of drug-likeness (QED) is 0.730. The third kappa shape index (κ3) is 3.20. The molecule has 1 heterocycles. The maximum Gasteiger partial charge on any atom is 0.319 e. The lowest BCUT2D eigenvalue weighted by molar-refractivity contribution is 0.241. The Balaban J connectivity index is 1.91. The van der Waals surface area contributed by atoms with E-state index in [4.69, 9.17) is 0 Å². The van der Waals surface area contributed by atoms with Crippen LogP contribution in [0.3, 0.4) is 0 Å². The molecule has 17 heavy (non-hydrogen) atoms. The van der Waals surface area contributed by atoms with E-state index in [0.717, 1.165) is 25.2 Å². The Labute approximate surface area is 102 Å². The van der Waals surface area contributed by atoms with Crippen LogP contribution in [0.2, 0.25) is 0 Å². The van der Waals surface area contributed by atoms with Gasteiger partial charge in [-0.25, -0.2) is 4.79 Å². The zero-order chi connectivity index (χ0) is 12.3. The van der Waals surface area contributed by atoms with Gasteiger partial charge in [0.1, 0.15) is 0 Å². The molecule has 92 valence electrons. The molecule has 1 unspecified atom stereocenters. The first-order valence-electron chi connectivity index (χ1n) is 5.94. The monoisotopic (exact) mass is 233 g/mol. The van der Waals surface area contributed by atoms with Crippen LogP contribution in [-0.4, -0.2) is 24.7 Å². The third-order valence-corrected chi connectivity index (χ3v) is 3.09. The number of hydrogen-bond acceptors (Lipinski definition) is 2. The van der Waals surface area contributed by atoms with Crippen LogP contribution in [0.15, 0.2) is 24.3 Å². The first kappa shape index (κ1) is 11.9. The second-order valence-electron chi connectivity index (χ2n) is 4.93. The Bertz CT molecular complexity index is 394. The summed E-state index contributed by atoms with van der Waals surface area (Å²) in [4.78, 5) is 11.8. The highest BCUT2D eigenvalue weighted by Crippen LogP contribution is 2.14. The Kier molecular flexibility index (Phi) is 3.33. The van der Waals surface area contributed by atoms with Crippen molar-refractivity contribution in [3.63, 3.8) is 0 Å². The van der Waals surface area contributed by atoms with Crippen LogP contribution in [-0.2, 0) is 0 Å². The van der Waals surface area contributed by atoms with Gasteiger partial charge in [-0.1, -0.05) is 17.7 Å². The van der Waals surface area contributed by atoms with Gasteiger partial charge in [0.25, 0.3) is 0 Å². The van der Waals surface area contributed by atoms with Gasteiger partial charge >= 0.3 is 6.03 Å². The fourth-order valence-electron chi connectivity index (χ4n) is 2.00. The van der Waals surface area contributed by atoms with Crippen LogP contribution < -0.4 is 16.0 Å². The molecule has 2 rings (SSSR count). The topological polar surface area (TPSA) is 53.2 Å². The molecule has 0 saturated carbocycles. The summed E-state index contributed by atoms with van der Waals surface area (Å²) in [5, 5.41) is 9.10. The van der Waals surface area contributed by atoms with Crippen molar-refractivity contribution in [2.75, 3.05) is 18.4 Å². The van der Waals surface area contributed by atoms with Crippen molar-refractivity contribution < 1.29 is 4.79 Å². The molecule has 1 saturated heterocycles. The van der Waals surface area contributed by atoms with E-state index in [1.54, 1.807) is 0 Å². The van der Waals surface area contributed by atoms with Crippen molar-refractivity contribution in [1.29, 1.82) is 0 Å². The molecule has 0 radical (unpaired) electrons.